The van der Waals surface area contributed by atoms with Crippen LogP contribution in [0.15, 0.2) is 36.5 Å². The van der Waals surface area contributed by atoms with E-state index < -0.39 is 0 Å². The van der Waals surface area contributed by atoms with Crippen molar-refractivity contribution in [2.45, 2.75) is 0 Å². The molecule has 0 saturated carbocycles. The summed E-state index contributed by atoms with van der Waals surface area (Å²) >= 11 is 0. The smallest absolute Gasteiger partial charge is 0.148 e. The van der Waals surface area contributed by atoms with Gasteiger partial charge in [-0.3, -0.25) is 0 Å². The number of nitrogens with zero attached hydrogens (tertiary/aromatic N) is 2. The van der Waals surface area contributed by atoms with E-state index in [0.717, 1.165) is 0 Å². The lowest BCUT2D eigenvalue weighted by atomic mass is 10.1. The van der Waals surface area contributed by atoms with Gasteiger partial charge in [0.2, 0.25) is 0 Å². The summed E-state index contributed by atoms with van der Waals surface area (Å²) in [5.41, 5.74) is 0.0973. The minimum Gasteiger partial charge on any atom is -0.245 e. The maximum atomic E-state index is 8.82. The lowest BCUT2D eigenvalue weighted by Gasteiger charge is -1.96. The summed E-state index contributed by atoms with van der Waals surface area (Å²) in [5.74, 6) is 0. The highest BCUT2D eigenvalue weighted by molar-refractivity contribution is 5.86. The van der Waals surface area contributed by atoms with E-state index >= 15 is 0 Å². The van der Waals surface area contributed by atoms with Gasteiger partial charge in [0, 0.05) is 11.6 Å². The van der Waals surface area contributed by atoms with Gasteiger partial charge in [0.1, 0.15) is 11.8 Å². The summed E-state index contributed by atoms with van der Waals surface area (Å²) < 4.78 is 22.7. The second kappa shape index (κ2) is 2.63. The molecule has 0 N–H and O–H groups in total. The average Bonchev–Trinajstić information content (AvgIpc) is 2.23. The topological polar surface area (TPSA) is 36.7 Å². The Labute approximate surface area is 74.3 Å². The van der Waals surface area contributed by atoms with Crippen molar-refractivity contribution in [1.82, 2.24) is 4.98 Å². The Morgan fingerprint density at radius 1 is 1.42 bits per heavy atom. The van der Waals surface area contributed by atoms with Crippen LogP contribution >= 0.6 is 0 Å². The molecule has 1 aromatic carbocycles. The molecular weight excluding hydrogens is 148 g/mol. The van der Waals surface area contributed by atoms with Crippen LogP contribution in [0.5, 0.6) is 0 Å². The fraction of sp³-hybridized carbons (Fsp3) is 0. The molecule has 2 heteroatoms. The van der Waals surface area contributed by atoms with E-state index in [1.807, 2.05) is 6.07 Å². The highest BCUT2D eigenvalue weighted by Crippen LogP contribution is 2.14. The van der Waals surface area contributed by atoms with E-state index in [1.54, 1.807) is 12.1 Å². The number of nitriles is 1. The molecule has 0 aliphatic heterocycles. The third-order valence-corrected chi connectivity index (χ3v) is 1.57. The van der Waals surface area contributed by atoms with Crippen molar-refractivity contribution in [3.05, 3.63) is 42.2 Å². The Balaban J connectivity index is 3.05. The van der Waals surface area contributed by atoms with Crippen LogP contribution in [0.4, 0.5) is 0 Å². The van der Waals surface area contributed by atoms with E-state index in [2.05, 4.69) is 4.98 Å². The van der Waals surface area contributed by atoms with Crippen LogP contribution < -0.4 is 0 Å². The first kappa shape index (κ1) is 4.22. The fourth-order valence-corrected chi connectivity index (χ4v) is 1.02. The predicted octanol–water partition coefficient (Wildman–Crippen LogP) is 2.11. The number of benzene rings is 1. The maximum Gasteiger partial charge on any atom is 0.148 e. The molecule has 0 spiro atoms. The summed E-state index contributed by atoms with van der Waals surface area (Å²) in [6.07, 6.45) is -0.265. The van der Waals surface area contributed by atoms with Crippen molar-refractivity contribution < 1.29 is 4.11 Å². The van der Waals surface area contributed by atoms with Crippen molar-refractivity contribution in [2.24, 2.45) is 0 Å². The Morgan fingerprint density at radius 2 is 2.33 bits per heavy atom. The first-order valence-electron chi connectivity index (χ1n) is 4.91. The van der Waals surface area contributed by atoms with Gasteiger partial charge in [-0.2, -0.15) is 5.26 Å². The molecular formula is C10H6N2. The molecule has 0 aliphatic rings. The number of hydrogen-bond acceptors (Lipinski definition) is 2. The molecule has 12 heavy (non-hydrogen) atoms. The predicted molar refractivity (Wildman–Crippen MR) is 46.5 cm³/mol. The molecule has 0 bridgehead atoms. The lowest BCUT2D eigenvalue weighted by molar-refractivity contribution is 1.30. The highest BCUT2D eigenvalue weighted by Gasteiger charge is 1.97. The molecule has 1 heterocycles. The summed E-state index contributed by atoms with van der Waals surface area (Å²) in [7, 11) is 0. The zero-order valence-electron chi connectivity index (χ0n) is 9.13. The molecule has 0 aliphatic carbocycles. The fourth-order valence-electron chi connectivity index (χ4n) is 1.02. The monoisotopic (exact) mass is 160 g/mol. The second-order valence-electron chi connectivity index (χ2n) is 2.27. The summed E-state index contributed by atoms with van der Waals surface area (Å²) in [5, 5.41) is 9.60. The zero-order chi connectivity index (χ0) is 11.0. The largest absolute Gasteiger partial charge is 0.245 e. The molecule has 0 radical (unpaired) electrons. The zero-order valence-corrected chi connectivity index (χ0v) is 6.13. The van der Waals surface area contributed by atoms with Crippen LogP contribution in [0.1, 0.15) is 9.81 Å². The van der Waals surface area contributed by atoms with Crippen LogP contribution in [0.25, 0.3) is 10.8 Å². The van der Waals surface area contributed by atoms with Crippen LogP contribution in [-0.2, 0) is 0 Å². The summed E-state index contributed by atoms with van der Waals surface area (Å²) in [6, 6.07) is 6.71. The van der Waals surface area contributed by atoms with Gasteiger partial charge in [-0.15, -0.1) is 0 Å². The third-order valence-electron chi connectivity index (χ3n) is 1.57. The van der Waals surface area contributed by atoms with Crippen molar-refractivity contribution in [3.8, 4) is 6.07 Å². The minimum atomic E-state index is -0.265. The van der Waals surface area contributed by atoms with Crippen LogP contribution in [0, 0.1) is 11.3 Å². The third kappa shape index (κ3) is 0.923. The Kier molecular flexibility index (Phi) is 0.925. The molecule has 2 rings (SSSR count). The maximum absolute atomic E-state index is 8.82. The van der Waals surface area contributed by atoms with Gasteiger partial charge in [-0.05, 0) is 11.4 Å². The highest BCUT2D eigenvalue weighted by atomic mass is 14.7. The van der Waals surface area contributed by atoms with Gasteiger partial charge in [0.05, 0.1) is 4.11 Å². The van der Waals surface area contributed by atoms with Crippen LogP contribution in [0.3, 0.4) is 0 Å². The number of fused-ring (bicyclic) bond motifs is 1. The summed E-state index contributed by atoms with van der Waals surface area (Å²) in [6.45, 7) is 0. The molecule has 2 aromatic rings. The number of pyridine rings is 1. The van der Waals surface area contributed by atoms with Gasteiger partial charge in [0.15, 0.2) is 0 Å². The van der Waals surface area contributed by atoms with E-state index in [9.17, 15) is 0 Å². The van der Waals surface area contributed by atoms with Crippen LogP contribution in [0.2, 0.25) is 0 Å². The first-order valence-corrected chi connectivity index (χ1v) is 3.41. The normalized spacial score (nSPS) is 13.1. The van der Waals surface area contributed by atoms with Crippen molar-refractivity contribution in [1.29, 1.82) is 5.26 Å². The molecule has 0 atom stereocenters. The number of hydrogen-bond donors (Lipinski definition) is 0. The van der Waals surface area contributed by atoms with E-state index in [1.165, 1.54) is 6.07 Å². The van der Waals surface area contributed by atoms with E-state index in [-0.39, 0.29) is 24.0 Å². The SMILES string of the molecule is [3H]c1nc(C#N)c2cccc([3H])c2c1[3H]. The molecule has 2 nitrogen and oxygen atoms in total. The van der Waals surface area contributed by atoms with Crippen LogP contribution in [-0.4, -0.2) is 4.98 Å². The van der Waals surface area contributed by atoms with Gasteiger partial charge in [-0.25, -0.2) is 4.98 Å². The van der Waals surface area contributed by atoms with Crippen molar-refractivity contribution in [3.63, 3.8) is 0 Å². The van der Waals surface area contributed by atoms with E-state index in [0.29, 0.717) is 10.8 Å². The second-order valence-corrected chi connectivity index (χ2v) is 2.27. The molecule has 56 valence electrons. The van der Waals surface area contributed by atoms with E-state index in [4.69, 9.17) is 9.37 Å². The van der Waals surface area contributed by atoms with Gasteiger partial charge in [-0.1, -0.05) is 24.2 Å². The number of aromatic nitrogens is 1. The molecule has 0 unspecified atom stereocenters. The van der Waals surface area contributed by atoms with Crippen molar-refractivity contribution in [2.75, 3.05) is 0 Å². The standard InChI is InChI=1S/C10H6N2/c11-7-10-9-4-2-1-3-8(9)5-6-12-10/h1-6H/i3T,5T,6T. The first-order chi connectivity index (χ1) is 7.15. The Morgan fingerprint density at radius 3 is 3.17 bits per heavy atom. The molecule has 1 aromatic heterocycles. The van der Waals surface area contributed by atoms with Gasteiger partial charge < -0.3 is 0 Å². The Hall–Kier alpha value is -1.88. The molecule has 0 saturated heterocycles. The molecule has 0 amide bonds. The molecule has 0 fully saturated rings. The quantitative estimate of drug-likeness (QED) is 0.591. The number of rotatable bonds is 0. The average molecular weight is 160 g/mol. The Bertz CT molecular complexity index is 587. The summed E-state index contributed by atoms with van der Waals surface area (Å²) in [4.78, 5) is 3.70. The van der Waals surface area contributed by atoms with Gasteiger partial charge in [0.25, 0.3) is 0 Å². The van der Waals surface area contributed by atoms with Crippen molar-refractivity contribution >= 4 is 10.8 Å². The minimum absolute atomic E-state index is 0.0973. The van der Waals surface area contributed by atoms with Gasteiger partial charge >= 0.3 is 0 Å². The lowest BCUT2D eigenvalue weighted by Crippen LogP contribution is -1.82.